The third-order valence-electron chi connectivity index (χ3n) is 5.64. The summed E-state index contributed by atoms with van der Waals surface area (Å²) in [6.45, 7) is 7.57. The Hall–Kier alpha value is -2.14. The van der Waals surface area contributed by atoms with Gasteiger partial charge in [0.15, 0.2) is 0 Å². The lowest BCUT2D eigenvalue weighted by atomic mass is 9.79. The van der Waals surface area contributed by atoms with Crippen molar-refractivity contribution >= 4 is 44.1 Å². The first-order valence-corrected chi connectivity index (χ1v) is 10.1. The smallest absolute Gasteiger partial charge is 0.399 e. The highest BCUT2D eigenvalue weighted by Gasteiger charge is 2.51. The summed E-state index contributed by atoms with van der Waals surface area (Å²) in [7, 11) is -0.966. The first-order chi connectivity index (χ1) is 15.9. The molecule has 0 radical (unpaired) electrons. The molecule has 2 nitrogen and oxygen atoms in total. The van der Waals surface area contributed by atoms with Crippen LogP contribution in [0.15, 0.2) is 66.6 Å². The molecule has 4 heteroatoms. The van der Waals surface area contributed by atoms with Crippen molar-refractivity contribution < 1.29 is 17.5 Å². The number of hydrogen-bond donors (Lipinski definition) is 0. The molecule has 0 amide bonds. The SMILES string of the molecule is [2H]c1c([2H])c(-c2ccccc2)c2c(sc3c([2H])c(B4OC(C)(C)C(C)(C)O4)c([2H])c([2H])c32)c1[2H]. The zero-order valence-electron chi connectivity index (χ0n) is 22.2. The number of thiophene rings is 1. The van der Waals surface area contributed by atoms with E-state index in [-0.39, 0.29) is 41.7 Å². The monoisotopic (exact) mass is 392 g/mol. The molecular weight excluding hydrogens is 363 g/mol. The van der Waals surface area contributed by atoms with Crippen LogP contribution in [0.4, 0.5) is 0 Å². The van der Waals surface area contributed by atoms with E-state index >= 15 is 0 Å². The highest BCUT2D eigenvalue weighted by atomic mass is 32.1. The standard InChI is InChI=1S/C24H23BO2S/c1-23(2)24(3,4)27-25(26-23)17-13-14-19-21(15-17)28-20-12-8-11-18(22(19)20)16-9-6-5-7-10-16/h5-15H,1-4H3/i8D,11D,12D,13D,14D,15D. The van der Waals surface area contributed by atoms with Gasteiger partial charge >= 0.3 is 7.12 Å². The quantitative estimate of drug-likeness (QED) is 0.388. The van der Waals surface area contributed by atoms with E-state index in [9.17, 15) is 0 Å². The van der Waals surface area contributed by atoms with E-state index in [0.29, 0.717) is 31.3 Å². The van der Waals surface area contributed by atoms with Crippen molar-refractivity contribution in [2.24, 2.45) is 0 Å². The topological polar surface area (TPSA) is 18.5 Å². The van der Waals surface area contributed by atoms with Crippen LogP contribution in [0.2, 0.25) is 0 Å². The van der Waals surface area contributed by atoms with Gasteiger partial charge in [0, 0.05) is 20.2 Å². The Kier molecular flexibility index (Phi) is 2.74. The fourth-order valence-corrected chi connectivity index (χ4v) is 4.39. The van der Waals surface area contributed by atoms with Crippen LogP contribution in [0.25, 0.3) is 31.3 Å². The summed E-state index contributed by atoms with van der Waals surface area (Å²) in [5.41, 5.74) is -0.00399. The van der Waals surface area contributed by atoms with Crippen LogP contribution in [0.3, 0.4) is 0 Å². The molecule has 1 aromatic heterocycles. The highest BCUT2D eigenvalue weighted by molar-refractivity contribution is 7.26. The summed E-state index contributed by atoms with van der Waals surface area (Å²) in [4.78, 5) is 0. The molecule has 5 rings (SSSR count). The maximum absolute atomic E-state index is 8.98. The average Bonchev–Trinajstić information content (AvgIpc) is 3.26. The Morgan fingerprint density at radius 2 is 1.61 bits per heavy atom. The molecule has 0 saturated carbocycles. The zero-order valence-corrected chi connectivity index (χ0v) is 17.0. The molecule has 2 heterocycles. The molecule has 0 N–H and O–H groups in total. The predicted octanol–water partition coefficient (Wildman–Crippen LogP) is 6.02. The molecule has 4 aromatic rings. The molecule has 1 saturated heterocycles. The van der Waals surface area contributed by atoms with Crippen LogP contribution < -0.4 is 5.46 Å². The van der Waals surface area contributed by atoms with Crippen LogP contribution in [0, 0.1) is 0 Å². The Bertz CT molecular complexity index is 1470. The van der Waals surface area contributed by atoms with Gasteiger partial charge in [-0.05, 0) is 56.4 Å². The molecular formula is C24H23BO2S. The van der Waals surface area contributed by atoms with Gasteiger partial charge < -0.3 is 9.31 Å². The van der Waals surface area contributed by atoms with Crippen LogP contribution in [0.5, 0.6) is 0 Å². The second-order valence-corrected chi connectivity index (χ2v) is 9.02. The molecule has 3 aromatic carbocycles. The van der Waals surface area contributed by atoms with Crippen molar-refractivity contribution in [2.45, 2.75) is 38.9 Å². The van der Waals surface area contributed by atoms with Crippen molar-refractivity contribution in [3.63, 3.8) is 0 Å². The number of benzene rings is 3. The van der Waals surface area contributed by atoms with E-state index in [2.05, 4.69) is 0 Å². The van der Waals surface area contributed by atoms with Crippen molar-refractivity contribution in [1.29, 1.82) is 0 Å². The second kappa shape index (κ2) is 6.18. The van der Waals surface area contributed by atoms with Crippen molar-refractivity contribution in [2.75, 3.05) is 0 Å². The summed E-state index contributed by atoms with van der Waals surface area (Å²) in [6, 6.07) is 8.51. The first-order valence-electron chi connectivity index (χ1n) is 12.2. The van der Waals surface area contributed by atoms with Gasteiger partial charge in [0.2, 0.25) is 0 Å². The molecule has 1 aliphatic rings. The van der Waals surface area contributed by atoms with Crippen LogP contribution in [0.1, 0.15) is 35.9 Å². The fraction of sp³-hybridized carbons (Fsp3) is 0.250. The summed E-state index contributed by atoms with van der Waals surface area (Å²) in [6.07, 6.45) is 0. The van der Waals surface area contributed by atoms with Gasteiger partial charge in [-0.15, -0.1) is 11.3 Å². The van der Waals surface area contributed by atoms with E-state index in [1.54, 1.807) is 0 Å². The lowest BCUT2D eigenvalue weighted by molar-refractivity contribution is 0.00578. The minimum absolute atomic E-state index is 0.0205. The lowest BCUT2D eigenvalue weighted by Gasteiger charge is -2.32. The minimum Gasteiger partial charge on any atom is -0.399 e. The molecule has 1 fully saturated rings. The molecule has 140 valence electrons. The second-order valence-electron chi connectivity index (χ2n) is 8.00. The van der Waals surface area contributed by atoms with Gasteiger partial charge in [-0.25, -0.2) is 0 Å². The number of rotatable bonds is 2. The summed E-state index contributed by atoms with van der Waals surface area (Å²) in [5, 5.41) is 0.834. The number of fused-ring (bicyclic) bond motifs is 3. The summed E-state index contributed by atoms with van der Waals surface area (Å²) >= 11 is 1.15. The van der Waals surface area contributed by atoms with Gasteiger partial charge in [0.1, 0.15) is 0 Å². The van der Waals surface area contributed by atoms with E-state index in [0.717, 1.165) is 11.3 Å². The summed E-state index contributed by atoms with van der Waals surface area (Å²) in [5.74, 6) is 0. The van der Waals surface area contributed by atoms with Crippen LogP contribution in [-0.2, 0) is 9.31 Å². The molecule has 1 aliphatic heterocycles. The van der Waals surface area contributed by atoms with E-state index in [1.807, 2.05) is 58.0 Å². The Labute approximate surface area is 178 Å². The zero-order chi connectivity index (χ0) is 24.7. The molecule has 0 spiro atoms. The van der Waals surface area contributed by atoms with Crippen LogP contribution in [-0.4, -0.2) is 18.3 Å². The third kappa shape index (κ3) is 2.71. The number of hydrogen-bond acceptors (Lipinski definition) is 3. The van der Waals surface area contributed by atoms with Crippen LogP contribution >= 0.6 is 11.3 Å². The Morgan fingerprint density at radius 3 is 2.32 bits per heavy atom. The average molecular weight is 392 g/mol. The van der Waals surface area contributed by atoms with Gasteiger partial charge in [0.05, 0.1) is 19.4 Å². The molecule has 0 bridgehead atoms. The van der Waals surface area contributed by atoms with E-state index in [1.165, 1.54) is 0 Å². The maximum atomic E-state index is 8.98. The van der Waals surface area contributed by atoms with Gasteiger partial charge in [-0.2, -0.15) is 0 Å². The molecule has 0 unspecified atom stereocenters. The highest BCUT2D eigenvalue weighted by Crippen LogP contribution is 2.40. The fourth-order valence-electron chi connectivity index (χ4n) is 3.36. The third-order valence-corrected chi connectivity index (χ3v) is 6.66. The normalized spacial score (nSPS) is 21.2. The van der Waals surface area contributed by atoms with E-state index < -0.39 is 18.3 Å². The first kappa shape index (κ1) is 12.4. The van der Waals surface area contributed by atoms with Crippen molar-refractivity contribution in [3.8, 4) is 11.1 Å². The Balaban J connectivity index is 1.89. The Morgan fingerprint density at radius 1 is 0.893 bits per heavy atom. The van der Waals surface area contributed by atoms with E-state index in [4.69, 9.17) is 17.5 Å². The van der Waals surface area contributed by atoms with Gasteiger partial charge in [-0.3, -0.25) is 0 Å². The molecule has 0 aliphatic carbocycles. The minimum atomic E-state index is -0.966. The van der Waals surface area contributed by atoms with Crippen molar-refractivity contribution in [1.82, 2.24) is 0 Å². The lowest BCUT2D eigenvalue weighted by Crippen LogP contribution is -2.41. The maximum Gasteiger partial charge on any atom is 0.494 e. The molecule has 0 atom stereocenters. The predicted molar refractivity (Wildman–Crippen MR) is 120 cm³/mol. The summed E-state index contributed by atoms with van der Waals surface area (Å²) < 4.78 is 65.2. The van der Waals surface area contributed by atoms with Gasteiger partial charge in [0.25, 0.3) is 0 Å². The van der Waals surface area contributed by atoms with Crippen molar-refractivity contribution in [3.05, 3.63) is 66.6 Å². The molecule has 28 heavy (non-hydrogen) atoms. The van der Waals surface area contributed by atoms with Gasteiger partial charge in [-0.1, -0.05) is 54.5 Å². The largest absolute Gasteiger partial charge is 0.494 e.